The molecule has 0 aliphatic carbocycles. The maximum Gasteiger partial charge on any atom is 0.292 e. The summed E-state index contributed by atoms with van der Waals surface area (Å²) in [6.45, 7) is 3.07. The maximum absolute atomic E-state index is 10.7. The third-order valence-electron chi connectivity index (χ3n) is 2.91. The number of nitrogens with one attached hydrogen (secondary N) is 1. The van der Waals surface area contributed by atoms with Crippen LogP contribution < -0.4 is 15.8 Å². The highest BCUT2D eigenvalue weighted by Crippen LogP contribution is 2.24. The average molecular weight is 287 g/mol. The van der Waals surface area contributed by atoms with Gasteiger partial charge in [0.15, 0.2) is 0 Å². The number of nitrogens with two attached hydrogens (primary N) is 1. The Morgan fingerprint density at radius 1 is 1.29 bits per heavy atom. The normalized spacial score (nSPS) is 10.1. The van der Waals surface area contributed by atoms with E-state index in [0.717, 1.165) is 17.0 Å². The molecule has 0 atom stereocenters. The molecule has 6 nitrogen and oxygen atoms in total. The zero-order valence-electron chi connectivity index (χ0n) is 11.7. The van der Waals surface area contributed by atoms with E-state index in [0.29, 0.717) is 13.2 Å². The van der Waals surface area contributed by atoms with Crippen molar-refractivity contribution in [1.82, 2.24) is 0 Å². The monoisotopic (exact) mass is 287 g/mol. The molecule has 0 aliphatic heterocycles. The Balaban J connectivity index is 1.84. The van der Waals surface area contributed by atoms with Crippen LogP contribution in [0.5, 0.6) is 5.75 Å². The van der Waals surface area contributed by atoms with Gasteiger partial charge in [0.25, 0.3) is 5.69 Å². The molecule has 2 aromatic rings. The molecule has 6 heteroatoms. The first-order valence-electron chi connectivity index (χ1n) is 6.53. The largest absolute Gasteiger partial charge is 0.492 e. The van der Waals surface area contributed by atoms with E-state index >= 15 is 0 Å². The number of aryl methyl sites for hydroxylation is 1. The van der Waals surface area contributed by atoms with Gasteiger partial charge in [-0.15, -0.1) is 0 Å². The zero-order valence-corrected chi connectivity index (χ0v) is 11.7. The van der Waals surface area contributed by atoms with Crippen molar-refractivity contribution in [2.75, 3.05) is 24.2 Å². The second kappa shape index (κ2) is 6.60. The third kappa shape index (κ3) is 4.10. The Labute approximate surface area is 122 Å². The zero-order chi connectivity index (χ0) is 15.2. The molecule has 0 aliphatic rings. The summed E-state index contributed by atoms with van der Waals surface area (Å²) in [4.78, 5) is 10.2. The third-order valence-corrected chi connectivity index (χ3v) is 2.91. The molecule has 2 rings (SSSR count). The van der Waals surface area contributed by atoms with Crippen LogP contribution in [0.2, 0.25) is 0 Å². The fourth-order valence-corrected chi connectivity index (χ4v) is 1.90. The first-order valence-corrected chi connectivity index (χ1v) is 6.53. The molecule has 0 radical (unpaired) electrons. The number of nitrogens with zero attached hydrogens (tertiary/aromatic N) is 1. The second-order valence-corrected chi connectivity index (χ2v) is 4.62. The molecule has 0 heterocycles. The van der Waals surface area contributed by atoms with Crippen molar-refractivity contribution in [3.63, 3.8) is 0 Å². The SMILES string of the molecule is Cc1cccc(OCCNc2ccc([N+](=O)[O-])c(N)c2)c1. The summed E-state index contributed by atoms with van der Waals surface area (Å²) in [7, 11) is 0. The lowest BCUT2D eigenvalue weighted by Crippen LogP contribution is -2.11. The van der Waals surface area contributed by atoms with Gasteiger partial charge in [-0.3, -0.25) is 10.1 Å². The van der Waals surface area contributed by atoms with E-state index < -0.39 is 4.92 Å². The second-order valence-electron chi connectivity index (χ2n) is 4.62. The summed E-state index contributed by atoms with van der Waals surface area (Å²) in [5, 5.41) is 13.8. The molecular weight excluding hydrogens is 270 g/mol. The first-order chi connectivity index (χ1) is 10.1. The Hall–Kier alpha value is -2.76. The first kappa shape index (κ1) is 14.6. The van der Waals surface area contributed by atoms with Crippen LogP contribution in [-0.4, -0.2) is 18.1 Å². The molecule has 0 saturated heterocycles. The van der Waals surface area contributed by atoms with E-state index in [9.17, 15) is 10.1 Å². The molecule has 110 valence electrons. The van der Waals surface area contributed by atoms with Crippen molar-refractivity contribution in [3.8, 4) is 5.75 Å². The van der Waals surface area contributed by atoms with Crippen LogP contribution in [0.4, 0.5) is 17.1 Å². The fraction of sp³-hybridized carbons (Fsp3) is 0.200. The minimum atomic E-state index is -0.500. The van der Waals surface area contributed by atoms with Crippen LogP contribution in [0.3, 0.4) is 0 Å². The van der Waals surface area contributed by atoms with E-state index in [1.54, 1.807) is 12.1 Å². The van der Waals surface area contributed by atoms with Crippen molar-refractivity contribution in [1.29, 1.82) is 0 Å². The summed E-state index contributed by atoms with van der Waals surface area (Å²) in [5.74, 6) is 0.819. The highest BCUT2D eigenvalue weighted by molar-refractivity contribution is 5.65. The van der Waals surface area contributed by atoms with Crippen molar-refractivity contribution in [3.05, 3.63) is 58.1 Å². The molecule has 0 bridgehead atoms. The van der Waals surface area contributed by atoms with Gasteiger partial charge in [0, 0.05) is 18.3 Å². The number of nitro benzene ring substituents is 1. The molecule has 0 aromatic heterocycles. The molecule has 0 amide bonds. The number of ether oxygens (including phenoxy) is 1. The van der Waals surface area contributed by atoms with Crippen molar-refractivity contribution in [2.24, 2.45) is 0 Å². The van der Waals surface area contributed by atoms with Gasteiger partial charge in [-0.1, -0.05) is 12.1 Å². The number of benzene rings is 2. The highest BCUT2D eigenvalue weighted by Gasteiger charge is 2.10. The molecule has 3 N–H and O–H groups in total. The predicted octanol–water partition coefficient (Wildman–Crippen LogP) is 2.98. The number of nitro groups is 1. The van der Waals surface area contributed by atoms with Crippen molar-refractivity contribution in [2.45, 2.75) is 6.92 Å². The minimum absolute atomic E-state index is 0.0865. The van der Waals surface area contributed by atoms with Gasteiger partial charge in [-0.25, -0.2) is 0 Å². The Kier molecular flexibility index (Phi) is 4.61. The quantitative estimate of drug-likeness (QED) is 0.369. The molecule has 0 spiro atoms. The van der Waals surface area contributed by atoms with Crippen LogP contribution in [0.1, 0.15) is 5.56 Å². The van der Waals surface area contributed by atoms with Gasteiger partial charge in [0.05, 0.1) is 4.92 Å². The van der Waals surface area contributed by atoms with E-state index in [2.05, 4.69) is 5.32 Å². The number of rotatable bonds is 6. The number of anilines is 2. The van der Waals surface area contributed by atoms with E-state index in [1.165, 1.54) is 6.07 Å². The standard InChI is InChI=1S/C15H17N3O3/c1-11-3-2-4-13(9-11)21-8-7-17-12-5-6-15(18(19)20)14(16)10-12/h2-6,9-10,17H,7-8,16H2,1H3. The summed E-state index contributed by atoms with van der Waals surface area (Å²) in [6, 6.07) is 12.4. The van der Waals surface area contributed by atoms with Gasteiger partial charge in [-0.05, 0) is 36.8 Å². The van der Waals surface area contributed by atoms with Crippen LogP contribution >= 0.6 is 0 Å². The summed E-state index contributed by atoms with van der Waals surface area (Å²) >= 11 is 0. The van der Waals surface area contributed by atoms with Crippen LogP contribution in [0.25, 0.3) is 0 Å². The molecule has 0 fully saturated rings. The van der Waals surface area contributed by atoms with Crippen molar-refractivity contribution >= 4 is 17.1 Å². The Morgan fingerprint density at radius 2 is 2.10 bits per heavy atom. The maximum atomic E-state index is 10.7. The highest BCUT2D eigenvalue weighted by atomic mass is 16.6. The smallest absolute Gasteiger partial charge is 0.292 e. The van der Waals surface area contributed by atoms with E-state index in [-0.39, 0.29) is 11.4 Å². The topological polar surface area (TPSA) is 90.4 Å². The minimum Gasteiger partial charge on any atom is -0.492 e. The lowest BCUT2D eigenvalue weighted by molar-refractivity contribution is -0.383. The summed E-state index contributed by atoms with van der Waals surface area (Å²) in [5.41, 5.74) is 7.55. The molecule has 2 aromatic carbocycles. The number of hydrogen-bond acceptors (Lipinski definition) is 5. The van der Waals surface area contributed by atoms with Gasteiger partial charge in [0.2, 0.25) is 0 Å². The summed E-state index contributed by atoms with van der Waals surface area (Å²) in [6.07, 6.45) is 0. The van der Waals surface area contributed by atoms with Gasteiger partial charge < -0.3 is 15.8 Å². The van der Waals surface area contributed by atoms with Crippen LogP contribution in [-0.2, 0) is 0 Å². The van der Waals surface area contributed by atoms with Gasteiger partial charge >= 0.3 is 0 Å². The lowest BCUT2D eigenvalue weighted by atomic mass is 10.2. The Bertz CT molecular complexity index is 644. The Morgan fingerprint density at radius 3 is 2.76 bits per heavy atom. The molecule has 21 heavy (non-hydrogen) atoms. The van der Waals surface area contributed by atoms with E-state index in [4.69, 9.17) is 10.5 Å². The van der Waals surface area contributed by atoms with Gasteiger partial charge in [-0.2, -0.15) is 0 Å². The molecular formula is C15H17N3O3. The van der Waals surface area contributed by atoms with Crippen LogP contribution in [0, 0.1) is 17.0 Å². The van der Waals surface area contributed by atoms with Gasteiger partial charge in [0.1, 0.15) is 18.0 Å². The molecule has 0 unspecified atom stereocenters. The lowest BCUT2D eigenvalue weighted by Gasteiger charge is -2.09. The van der Waals surface area contributed by atoms with Crippen molar-refractivity contribution < 1.29 is 9.66 Å². The average Bonchev–Trinajstić information content (AvgIpc) is 2.43. The predicted molar refractivity (Wildman–Crippen MR) is 82.7 cm³/mol. The molecule has 0 saturated carbocycles. The number of hydrogen-bond donors (Lipinski definition) is 2. The summed E-state index contributed by atoms with van der Waals surface area (Å²) < 4.78 is 5.60. The van der Waals surface area contributed by atoms with E-state index in [1.807, 2.05) is 31.2 Å². The number of nitrogen functional groups attached to an aromatic ring is 1. The fourth-order valence-electron chi connectivity index (χ4n) is 1.90. The van der Waals surface area contributed by atoms with Crippen LogP contribution in [0.15, 0.2) is 42.5 Å².